The van der Waals surface area contributed by atoms with Crippen molar-refractivity contribution in [1.29, 1.82) is 0 Å². The fraction of sp³-hybridized carbons (Fsp3) is 0.320. The lowest BCUT2D eigenvalue weighted by atomic mass is 10.1. The molecule has 190 valence electrons. The lowest BCUT2D eigenvalue weighted by molar-refractivity contribution is -0.0885. The van der Waals surface area contributed by atoms with Crippen LogP contribution in [0.15, 0.2) is 78.1 Å². The molecule has 0 spiro atoms. The Balaban J connectivity index is 3.09. The van der Waals surface area contributed by atoms with E-state index in [1.54, 1.807) is 26.8 Å². The molecular weight excluding hydrogens is 469 g/mol. The number of hydrogen-bond donors (Lipinski definition) is 0. The molecule has 1 atom stereocenters. The van der Waals surface area contributed by atoms with E-state index in [0.29, 0.717) is 5.71 Å². The molecule has 0 aliphatic heterocycles. The predicted octanol–water partition coefficient (Wildman–Crippen LogP) is 6.47. The van der Waals surface area contributed by atoms with Gasteiger partial charge in [0.25, 0.3) is 5.91 Å². The first-order valence-electron chi connectivity index (χ1n) is 10.6. The van der Waals surface area contributed by atoms with Crippen molar-refractivity contribution in [3.8, 4) is 0 Å². The van der Waals surface area contributed by atoms with Crippen LogP contribution < -0.4 is 0 Å². The fourth-order valence-corrected chi connectivity index (χ4v) is 2.90. The van der Waals surface area contributed by atoms with Gasteiger partial charge in [-0.05, 0) is 45.9 Å². The molecule has 0 radical (unpaired) electrons. The van der Waals surface area contributed by atoms with Crippen molar-refractivity contribution in [3.63, 3.8) is 0 Å². The largest absolute Gasteiger partial charge is 0.489 e. The van der Waals surface area contributed by atoms with Crippen LogP contribution >= 0.6 is 0 Å². The molecule has 0 bridgehead atoms. The summed E-state index contributed by atoms with van der Waals surface area (Å²) in [5.41, 5.74) is -0.707. The van der Waals surface area contributed by atoms with Gasteiger partial charge in [0.05, 0.1) is 34.8 Å². The highest BCUT2D eigenvalue weighted by atomic mass is 19.4. The Labute approximate surface area is 201 Å². The normalized spacial score (nSPS) is 14.1. The van der Waals surface area contributed by atoms with Crippen LogP contribution in [-0.4, -0.2) is 46.9 Å². The molecule has 0 N–H and O–H groups in total. The zero-order chi connectivity index (χ0) is 26.8. The maximum Gasteiger partial charge on any atom is 0.416 e. The van der Waals surface area contributed by atoms with E-state index in [4.69, 9.17) is 4.74 Å². The number of nitrogens with zero attached hydrogens (tertiary/aromatic N) is 3. The lowest BCUT2D eigenvalue weighted by Crippen LogP contribution is -2.41. The molecule has 35 heavy (non-hydrogen) atoms. The first-order valence-corrected chi connectivity index (χ1v) is 10.6. The van der Waals surface area contributed by atoms with Crippen LogP contribution in [0.4, 0.5) is 22.0 Å². The van der Waals surface area contributed by atoms with E-state index in [-0.39, 0.29) is 30.5 Å². The van der Waals surface area contributed by atoms with Crippen molar-refractivity contribution in [2.45, 2.75) is 39.9 Å². The van der Waals surface area contributed by atoms with Gasteiger partial charge >= 0.3 is 6.18 Å². The first kappa shape index (κ1) is 29.5. The van der Waals surface area contributed by atoms with Gasteiger partial charge < -0.3 is 9.64 Å². The molecule has 0 saturated heterocycles. The average Bonchev–Trinajstić information content (AvgIpc) is 2.80. The quantitative estimate of drug-likeness (QED) is 0.152. The first-order chi connectivity index (χ1) is 16.4. The summed E-state index contributed by atoms with van der Waals surface area (Å²) >= 11 is 0. The highest BCUT2D eigenvalue weighted by molar-refractivity contribution is 6.08. The van der Waals surface area contributed by atoms with Crippen LogP contribution in [-0.2, 0) is 4.74 Å². The second-order valence-electron chi connectivity index (χ2n) is 7.25. The molecule has 1 unspecified atom stereocenters. The van der Waals surface area contributed by atoms with Gasteiger partial charge in [-0.3, -0.25) is 14.8 Å². The Morgan fingerprint density at radius 1 is 1.37 bits per heavy atom. The molecule has 1 rings (SSSR count). The number of allylic oxidation sites excluding steroid dienone is 6. The zero-order valence-electron chi connectivity index (χ0n) is 20.0. The Hall–Kier alpha value is -3.56. The molecule has 10 heteroatoms. The van der Waals surface area contributed by atoms with Crippen LogP contribution in [0.2, 0.25) is 0 Å². The number of likely N-dealkylation sites (N-methyl/N-ethyl adjacent to an activating group) is 1. The van der Waals surface area contributed by atoms with Gasteiger partial charge in [-0.1, -0.05) is 25.3 Å². The summed E-state index contributed by atoms with van der Waals surface area (Å²) in [6.07, 6.45) is 1.76. The van der Waals surface area contributed by atoms with Gasteiger partial charge in [-0.25, -0.2) is 8.78 Å². The monoisotopic (exact) mass is 497 g/mol. The van der Waals surface area contributed by atoms with Gasteiger partial charge in [0.15, 0.2) is 5.83 Å². The second kappa shape index (κ2) is 13.4. The van der Waals surface area contributed by atoms with Crippen molar-refractivity contribution in [2.24, 2.45) is 4.99 Å². The minimum Gasteiger partial charge on any atom is -0.489 e. The number of amides is 1. The molecule has 0 aromatic carbocycles. The van der Waals surface area contributed by atoms with Gasteiger partial charge in [0.1, 0.15) is 18.2 Å². The Bertz CT molecular complexity index is 1060. The van der Waals surface area contributed by atoms with Gasteiger partial charge in [0, 0.05) is 12.7 Å². The van der Waals surface area contributed by atoms with Crippen molar-refractivity contribution >= 4 is 11.6 Å². The van der Waals surface area contributed by atoms with Crippen LogP contribution in [0.3, 0.4) is 0 Å². The highest BCUT2D eigenvalue weighted by Gasteiger charge is 2.32. The summed E-state index contributed by atoms with van der Waals surface area (Å²) in [5.74, 6) is -3.22. The van der Waals surface area contributed by atoms with E-state index in [0.717, 1.165) is 25.3 Å². The molecule has 1 amide bonds. The summed E-state index contributed by atoms with van der Waals surface area (Å²) in [5, 5.41) is 0. The SMILES string of the molecule is C=C/C=C\N=C(C)c1ncc(F)cc1C(=O)N(CC)C(C)COC(=C)/C(F)=C\C(=C/C)C(F)(F)F. The smallest absolute Gasteiger partial charge is 0.416 e. The van der Waals surface area contributed by atoms with Crippen LogP contribution in [0.5, 0.6) is 0 Å². The minimum absolute atomic E-state index is 0.0419. The summed E-state index contributed by atoms with van der Waals surface area (Å²) in [7, 11) is 0. The summed E-state index contributed by atoms with van der Waals surface area (Å²) in [4.78, 5) is 22.7. The molecule has 0 fully saturated rings. The van der Waals surface area contributed by atoms with E-state index in [9.17, 15) is 26.7 Å². The highest BCUT2D eigenvalue weighted by Crippen LogP contribution is 2.29. The Kier molecular flexibility index (Phi) is 11.2. The van der Waals surface area contributed by atoms with Crippen LogP contribution in [0.1, 0.15) is 43.7 Å². The van der Waals surface area contributed by atoms with Crippen molar-refractivity contribution in [1.82, 2.24) is 9.88 Å². The number of hydrogen-bond acceptors (Lipinski definition) is 4. The number of rotatable bonds is 11. The van der Waals surface area contributed by atoms with E-state index in [1.807, 2.05) is 0 Å². The summed E-state index contributed by atoms with van der Waals surface area (Å²) < 4.78 is 71.8. The zero-order valence-corrected chi connectivity index (χ0v) is 20.0. The van der Waals surface area contributed by atoms with Gasteiger partial charge in [0.2, 0.25) is 0 Å². The van der Waals surface area contributed by atoms with Crippen LogP contribution in [0, 0.1) is 5.82 Å². The summed E-state index contributed by atoms with van der Waals surface area (Å²) in [6, 6.07) is 0.365. The van der Waals surface area contributed by atoms with E-state index in [1.165, 1.54) is 17.2 Å². The molecule has 0 saturated carbocycles. The number of carbonyl (C=O) groups excluding carboxylic acids is 1. The predicted molar refractivity (Wildman–Crippen MR) is 126 cm³/mol. The average molecular weight is 498 g/mol. The van der Waals surface area contributed by atoms with Gasteiger partial charge in [-0.15, -0.1) is 0 Å². The number of pyridine rings is 1. The third-order valence-electron chi connectivity index (χ3n) is 4.74. The topological polar surface area (TPSA) is 54.8 Å². The molecule has 1 aromatic heterocycles. The molecule has 0 aliphatic rings. The number of aliphatic imine (C=N–C) groups is 1. The van der Waals surface area contributed by atoms with Gasteiger partial charge in [-0.2, -0.15) is 13.2 Å². The Morgan fingerprint density at radius 3 is 2.57 bits per heavy atom. The molecule has 1 heterocycles. The third kappa shape index (κ3) is 8.62. The number of alkyl halides is 3. The fourth-order valence-electron chi connectivity index (χ4n) is 2.90. The number of carbonyl (C=O) groups is 1. The standard InChI is InChI=1S/C25H28F5N3O2/c1-7-10-11-31-17(5)23-21(13-20(26)14-32-23)24(34)33(9-3)16(4)15-35-18(6)22(27)12-19(8-2)25(28,29)30/h7-8,10-14,16H,1,6,9,15H2,2-5H3/b11-10-,19-8+,22-12+,31-17?. The lowest BCUT2D eigenvalue weighted by Gasteiger charge is -2.29. The third-order valence-corrected chi connectivity index (χ3v) is 4.74. The van der Waals surface area contributed by atoms with Crippen molar-refractivity contribution in [3.05, 3.63) is 90.2 Å². The molecule has 1 aromatic rings. The van der Waals surface area contributed by atoms with E-state index < -0.39 is 41.1 Å². The van der Waals surface area contributed by atoms with Crippen molar-refractivity contribution < 1.29 is 31.5 Å². The maximum absolute atomic E-state index is 14.2. The van der Waals surface area contributed by atoms with E-state index in [2.05, 4.69) is 23.1 Å². The van der Waals surface area contributed by atoms with Crippen LogP contribution in [0.25, 0.3) is 0 Å². The number of ether oxygens (including phenoxy) is 1. The summed E-state index contributed by atoms with van der Waals surface area (Å²) in [6.45, 7) is 12.7. The molecular formula is C25H28F5N3O2. The number of aromatic nitrogens is 1. The van der Waals surface area contributed by atoms with Crippen molar-refractivity contribution in [2.75, 3.05) is 13.2 Å². The molecule has 0 aliphatic carbocycles. The maximum atomic E-state index is 14.2. The minimum atomic E-state index is -4.73. The second-order valence-corrected chi connectivity index (χ2v) is 7.25. The van der Waals surface area contributed by atoms with E-state index >= 15 is 0 Å². The molecule has 5 nitrogen and oxygen atoms in total. The Morgan fingerprint density at radius 2 is 2.03 bits per heavy atom. The number of halogens is 5.